The first-order valence-electron chi connectivity index (χ1n) is 9.49. The van der Waals surface area contributed by atoms with Gasteiger partial charge < -0.3 is 5.11 Å². The number of benzene rings is 3. The Morgan fingerprint density at radius 3 is 2.35 bits per heavy atom. The van der Waals surface area contributed by atoms with E-state index >= 15 is 0 Å². The number of nitrogens with zero attached hydrogens (tertiary/aromatic N) is 4. The molecule has 0 radical (unpaired) electrons. The molecule has 6 nitrogen and oxygen atoms in total. The summed E-state index contributed by atoms with van der Waals surface area (Å²) in [7, 11) is 0. The smallest absolute Gasteiger partial charge is 0.335 e. The molecule has 0 saturated heterocycles. The number of aromatic carboxylic acids is 1. The lowest BCUT2D eigenvalue weighted by molar-refractivity contribution is 0.0697. The maximum absolute atomic E-state index is 11.5. The van der Waals surface area contributed by atoms with Crippen LogP contribution >= 0.6 is 11.6 Å². The van der Waals surface area contributed by atoms with Crippen LogP contribution in [0.25, 0.3) is 39.2 Å². The number of aromatic nitrogens is 4. The highest BCUT2D eigenvalue weighted by molar-refractivity contribution is 6.30. The molecule has 0 spiro atoms. The molecule has 0 fully saturated rings. The average Bonchev–Trinajstić information content (AvgIpc) is 3.25. The normalized spacial score (nSPS) is 11.0. The maximum atomic E-state index is 11.5. The fourth-order valence-corrected chi connectivity index (χ4v) is 3.56. The lowest BCUT2D eigenvalue weighted by Gasteiger charge is -2.09. The van der Waals surface area contributed by atoms with Gasteiger partial charge in [-0.3, -0.25) is 9.97 Å². The number of hydrogen-bond donors (Lipinski definition) is 1. The van der Waals surface area contributed by atoms with E-state index < -0.39 is 5.97 Å². The van der Waals surface area contributed by atoms with E-state index in [0.717, 1.165) is 33.5 Å². The maximum Gasteiger partial charge on any atom is 0.335 e. The summed E-state index contributed by atoms with van der Waals surface area (Å²) in [4.78, 5) is 20.2. The monoisotopic (exact) mass is 426 g/mol. The Bertz CT molecular complexity index is 1430. The summed E-state index contributed by atoms with van der Waals surface area (Å²) < 4.78 is 1.74. The highest BCUT2D eigenvalue weighted by atomic mass is 35.5. The van der Waals surface area contributed by atoms with E-state index in [2.05, 4.69) is 9.97 Å². The van der Waals surface area contributed by atoms with Crippen LogP contribution in [0.3, 0.4) is 0 Å². The van der Waals surface area contributed by atoms with E-state index in [0.29, 0.717) is 10.7 Å². The molecule has 3 aromatic carbocycles. The summed E-state index contributed by atoms with van der Waals surface area (Å²) >= 11 is 6.04. The van der Waals surface area contributed by atoms with Gasteiger partial charge >= 0.3 is 5.97 Å². The number of carboxylic acids is 1. The van der Waals surface area contributed by atoms with E-state index in [1.165, 1.54) is 0 Å². The number of carbonyl (C=O) groups is 1. The predicted molar refractivity (Wildman–Crippen MR) is 120 cm³/mol. The Morgan fingerprint density at radius 2 is 1.58 bits per heavy atom. The van der Waals surface area contributed by atoms with Crippen molar-refractivity contribution in [2.24, 2.45) is 0 Å². The van der Waals surface area contributed by atoms with Crippen LogP contribution in [-0.2, 0) is 0 Å². The topological polar surface area (TPSA) is 80.9 Å². The molecule has 2 aromatic heterocycles. The number of rotatable bonds is 4. The van der Waals surface area contributed by atoms with Crippen molar-refractivity contribution in [2.75, 3.05) is 0 Å². The van der Waals surface area contributed by atoms with E-state index in [1.54, 1.807) is 35.3 Å². The Labute approximate surface area is 182 Å². The van der Waals surface area contributed by atoms with Gasteiger partial charge in [0.25, 0.3) is 0 Å². The van der Waals surface area contributed by atoms with Gasteiger partial charge in [0.2, 0.25) is 0 Å². The van der Waals surface area contributed by atoms with Crippen molar-refractivity contribution in [1.29, 1.82) is 0 Å². The molecule has 0 saturated carbocycles. The fourth-order valence-electron chi connectivity index (χ4n) is 3.44. The average molecular weight is 427 g/mol. The first kappa shape index (κ1) is 19.0. The van der Waals surface area contributed by atoms with Crippen LogP contribution in [0.15, 0.2) is 85.2 Å². The molecule has 0 bridgehead atoms. The van der Waals surface area contributed by atoms with Gasteiger partial charge in [-0.1, -0.05) is 35.9 Å². The Balaban J connectivity index is 1.72. The molecule has 31 heavy (non-hydrogen) atoms. The van der Waals surface area contributed by atoms with Crippen molar-refractivity contribution in [3.05, 3.63) is 95.8 Å². The van der Waals surface area contributed by atoms with E-state index in [4.69, 9.17) is 16.7 Å². The first-order chi connectivity index (χ1) is 15.1. The van der Waals surface area contributed by atoms with E-state index in [9.17, 15) is 9.90 Å². The quantitative estimate of drug-likeness (QED) is 0.410. The van der Waals surface area contributed by atoms with Crippen molar-refractivity contribution in [3.63, 3.8) is 0 Å². The van der Waals surface area contributed by atoms with Crippen LogP contribution in [0, 0.1) is 0 Å². The van der Waals surface area contributed by atoms with Gasteiger partial charge in [0.1, 0.15) is 0 Å². The molecular weight excluding hydrogens is 412 g/mol. The molecular formula is C24H15ClN4O2. The third-order valence-electron chi connectivity index (χ3n) is 4.95. The van der Waals surface area contributed by atoms with E-state index in [1.807, 2.05) is 54.6 Å². The molecule has 7 heteroatoms. The Morgan fingerprint density at radius 1 is 0.839 bits per heavy atom. The number of carboxylic acid groups (broad SMARTS) is 1. The Kier molecular flexibility index (Phi) is 4.69. The minimum absolute atomic E-state index is 0.191. The Hall–Kier alpha value is -4.03. The summed E-state index contributed by atoms with van der Waals surface area (Å²) in [5.41, 5.74) is 5.74. The number of halogens is 1. The second-order valence-electron chi connectivity index (χ2n) is 6.95. The minimum atomic E-state index is -0.991. The van der Waals surface area contributed by atoms with Gasteiger partial charge in [-0.15, -0.1) is 0 Å². The largest absolute Gasteiger partial charge is 0.478 e. The summed E-state index contributed by atoms with van der Waals surface area (Å²) in [6.07, 6.45) is 3.31. The molecule has 1 N–H and O–H groups in total. The first-order valence-corrected chi connectivity index (χ1v) is 9.87. The lowest BCUT2D eigenvalue weighted by Crippen LogP contribution is -2.03. The summed E-state index contributed by atoms with van der Waals surface area (Å²) in [5, 5.41) is 14.8. The minimum Gasteiger partial charge on any atom is -0.478 e. The SMILES string of the molecule is O=C(O)c1cccc(-n2nc(-c3ccc(Cl)cc3)cc2-c2ccc3nccnc3c2)c1. The van der Waals surface area contributed by atoms with Crippen LogP contribution in [-0.4, -0.2) is 30.8 Å². The highest BCUT2D eigenvalue weighted by Gasteiger charge is 2.15. The van der Waals surface area contributed by atoms with E-state index in [-0.39, 0.29) is 5.56 Å². The molecule has 5 aromatic rings. The van der Waals surface area contributed by atoms with Crippen LogP contribution in [0.1, 0.15) is 10.4 Å². The number of fused-ring (bicyclic) bond motifs is 1. The van der Waals surface area contributed by atoms with Crippen LogP contribution in [0.2, 0.25) is 5.02 Å². The zero-order valence-corrected chi connectivity index (χ0v) is 16.9. The number of hydrogen-bond acceptors (Lipinski definition) is 4. The molecule has 0 amide bonds. The van der Waals surface area contributed by atoms with Crippen LogP contribution < -0.4 is 0 Å². The third-order valence-corrected chi connectivity index (χ3v) is 5.20. The van der Waals surface area contributed by atoms with Gasteiger partial charge in [-0.05, 0) is 48.5 Å². The molecule has 2 heterocycles. The van der Waals surface area contributed by atoms with Gasteiger partial charge in [-0.2, -0.15) is 5.10 Å². The molecule has 0 aliphatic rings. The molecule has 0 atom stereocenters. The molecule has 0 aliphatic heterocycles. The van der Waals surface area contributed by atoms with Crippen LogP contribution in [0.4, 0.5) is 0 Å². The van der Waals surface area contributed by atoms with Gasteiger partial charge in [-0.25, -0.2) is 9.48 Å². The highest BCUT2D eigenvalue weighted by Crippen LogP contribution is 2.30. The summed E-state index contributed by atoms with van der Waals surface area (Å²) in [6.45, 7) is 0. The second-order valence-corrected chi connectivity index (χ2v) is 7.39. The van der Waals surface area contributed by atoms with Crippen molar-refractivity contribution in [1.82, 2.24) is 19.7 Å². The van der Waals surface area contributed by atoms with Crippen LogP contribution in [0.5, 0.6) is 0 Å². The van der Waals surface area contributed by atoms with Crippen molar-refractivity contribution < 1.29 is 9.90 Å². The third kappa shape index (κ3) is 3.65. The van der Waals surface area contributed by atoms with Crippen molar-refractivity contribution in [2.45, 2.75) is 0 Å². The van der Waals surface area contributed by atoms with Gasteiger partial charge in [0.05, 0.1) is 33.7 Å². The zero-order chi connectivity index (χ0) is 21.4. The predicted octanol–water partition coefficient (Wildman–Crippen LogP) is 5.50. The molecule has 150 valence electrons. The van der Waals surface area contributed by atoms with Gasteiger partial charge in [0.15, 0.2) is 0 Å². The second kappa shape index (κ2) is 7.66. The summed E-state index contributed by atoms with van der Waals surface area (Å²) in [5.74, 6) is -0.991. The molecule has 5 rings (SSSR count). The molecule has 0 unspecified atom stereocenters. The lowest BCUT2D eigenvalue weighted by atomic mass is 10.1. The summed E-state index contributed by atoms with van der Waals surface area (Å²) in [6, 6.07) is 21.9. The van der Waals surface area contributed by atoms with Crippen molar-refractivity contribution in [3.8, 4) is 28.2 Å². The van der Waals surface area contributed by atoms with Crippen molar-refractivity contribution >= 4 is 28.6 Å². The van der Waals surface area contributed by atoms with Gasteiger partial charge in [0, 0.05) is 28.5 Å². The standard InChI is InChI=1S/C24H15ClN4O2/c25-18-7-4-15(5-8-18)21-14-23(16-6-9-20-22(13-16)27-11-10-26-20)29(28-21)19-3-1-2-17(12-19)24(30)31/h1-14H,(H,30,31). The zero-order valence-electron chi connectivity index (χ0n) is 16.1. The fraction of sp³-hybridized carbons (Fsp3) is 0. The molecule has 0 aliphatic carbocycles.